The van der Waals surface area contributed by atoms with Gasteiger partial charge in [0.25, 0.3) is 5.91 Å². The number of aliphatic hydroxyl groups excluding tert-OH is 1. The molecule has 4 heterocycles. The van der Waals surface area contributed by atoms with Crippen LogP contribution in [0.15, 0.2) is 12.4 Å². The number of aliphatic hydroxyl groups is 1. The van der Waals surface area contributed by atoms with Crippen molar-refractivity contribution in [1.82, 2.24) is 30.1 Å². The van der Waals surface area contributed by atoms with Gasteiger partial charge in [-0.25, -0.2) is 15.0 Å². The maximum atomic E-state index is 12.5. The number of fused-ring (bicyclic) bond motifs is 1. The van der Waals surface area contributed by atoms with E-state index in [2.05, 4.69) is 30.5 Å². The Kier molecular flexibility index (Phi) is 6.44. The molecule has 4 rings (SSSR count). The van der Waals surface area contributed by atoms with Gasteiger partial charge in [-0.1, -0.05) is 0 Å². The van der Waals surface area contributed by atoms with Crippen LogP contribution in [0.3, 0.4) is 0 Å². The van der Waals surface area contributed by atoms with Crippen molar-refractivity contribution in [2.24, 2.45) is 0 Å². The van der Waals surface area contributed by atoms with Gasteiger partial charge in [0.15, 0.2) is 0 Å². The van der Waals surface area contributed by atoms with Crippen LogP contribution in [0.4, 0.5) is 5.82 Å². The Bertz CT molecular complexity index is 960. The van der Waals surface area contributed by atoms with Crippen molar-refractivity contribution in [3.8, 4) is 0 Å². The molecule has 2 aliphatic heterocycles. The standard InChI is InChI=1S/C20H27N7O3S/c1-12-24-16-3-4-26(10-18(16)31-12)9-15(29)6-21-20(30)17-5-19(23-11-22-17)25-14-7-27(8-14)13(2)28/h5,11,14-15,29H,3-4,6-10H2,1-2H3,(H,21,30)(H,22,23,25)/t15-/m0/s1. The molecule has 11 heteroatoms. The number of β-amino-alcohol motifs (C(OH)–C–C–N with tert-alkyl or cyclic N) is 1. The number of nitrogens with zero attached hydrogens (tertiary/aromatic N) is 5. The summed E-state index contributed by atoms with van der Waals surface area (Å²) >= 11 is 1.71. The number of aryl methyl sites for hydroxylation is 1. The van der Waals surface area contributed by atoms with Gasteiger partial charge in [-0.3, -0.25) is 14.5 Å². The maximum absolute atomic E-state index is 12.5. The van der Waals surface area contributed by atoms with Crippen LogP contribution in [-0.4, -0.2) is 86.5 Å². The van der Waals surface area contributed by atoms with Gasteiger partial charge >= 0.3 is 0 Å². The second-order valence-corrected chi connectivity index (χ2v) is 9.29. The summed E-state index contributed by atoms with van der Waals surface area (Å²) in [7, 11) is 0. The summed E-state index contributed by atoms with van der Waals surface area (Å²) in [6.07, 6.45) is 1.55. The van der Waals surface area contributed by atoms with Gasteiger partial charge in [0.1, 0.15) is 17.8 Å². The van der Waals surface area contributed by atoms with E-state index in [1.165, 1.54) is 16.9 Å². The number of amides is 2. The zero-order valence-electron chi connectivity index (χ0n) is 17.7. The van der Waals surface area contributed by atoms with Crippen molar-refractivity contribution in [3.05, 3.63) is 33.7 Å². The molecule has 2 amide bonds. The quantitative estimate of drug-likeness (QED) is 0.546. The molecule has 0 aliphatic carbocycles. The molecule has 31 heavy (non-hydrogen) atoms. The molecule has 0 spiro atoms. The maximum Gasteiger partial charge on any atom is 0.270 e. The van der Waals surface area contributed by atoms with Gasteiger partial charge in [0.2, 0.25) is 5.91 Å². The van der Waals surface area contributed by atoms with E-state index in [0.29, 0.717) is 25.5 Å². The SMILES string of the molecule is CC(=O)N1CC(Nc2cc(C(=O)NC[C@H](O)CN3CCc4nc(C)sc4C3)ncn2)C1. The molecular formula is C20H27N7O3S. The van der Waals surface area contributed by atoms with Crippen LogP contribution < -0.4 is 10.6 Å². The third kappa shape index (κ3) is 5.35. The molecule has 2 aromatic rings. The average Bonchev–Trinajstić information content (AvgIpc) is 3.07. The first kappa shape index (κ1) is 21.6. The van der Waals surface area contributed by atoms with Crippen LogP contribution in [0.1, 0.15) is 33.0 Å². The third-order valence-corrected chi connectivity index (χ3v) is 6.46. The number of rotatable bonds is 7. The highest BCUT2D eigenvalue weighted by Gasteiger charge is 2.28. The zero-order chi connectivity index (χ0) is 22.0. The molecule has 0 unspecified atom stereocenters. The molecule has 1 fully saturated rings. The number of carbonyl (C=O) groups is 2. The van der Waals surface area contributed by atoms with Gasteiger partial charge in [-0.15, -0.1) is 11.3 Å². The first-order chi connectivity index (χ1) is 14.9. The first-order valence-electron chi connectivity index (χ1n) is 10.3. The van der Waals surface area contributed by atoms with Gasteiger partial charge in [0, 0.05) is 63.6 Å². The van der Waals surface area contributed by atoms with E-state index in [9.17, 15) is 14.7 Å². The van der Waals surface area contributed by atoms with E-state index in [1.54, 1.807) is 29.2 Å². The van der Waals surface area contributed by atoms with Crippen LogP contribution >= 0.6 is 11.3 Å². The topological polar surface area (TPSA) is 124 Å². The number of thiazole rings is 1. The fourth-order valence-electron chi connectivity index (χ4n) is 3.79. The Hall–Kier alpha value is -2.63. The Morgan fingerprint density at radius 3 is 2.94 bits per heavy atom. The second-order valence-electron chi connectivity index (χ2n) is 8.01. The minimum atomic E-state index is -0.675. The molecule has 1 atom stereocenters. The molecule has 2 aliphatic rings. The van der Waals surface area contributed by atoms with Crippen molar-refractivity contribution >= 4 is 29.0 Å². The second kappa shape index (κ2) is 9.25. The highest BCUT2D eigenvalue weighted by atomic mass is 32.1. The van der Waals surface area contributed by atoms with Crippen LogP contribution in [0.25, 0.3) is 0 Å². The minimum absolute atomic E-state index is 0.0477. The smallest absolute Gasteiger partial charge is 0.270 e. The van der Waals surface area contributed by atoms with E-state index in [0.717, 1.165) is 24.5 Å². The van der Waals surface area contributed by atoms with Crippen molar-refractivity contribution in [1.29, 1.82) is 0 Å². The summed E-state index contributed by atoms with van der Waals surface area (Å²) in [6, 6.07) is 1.69. The molecule has 0 saturated carbocycles. The van der Waals surface area contributed by atoms with Crippen molar-refractivity contribution in [2.75, 3.05) is 38.0 Å². The van der Waals surface area contributed by atoms with Crippen molar-refractivity contribution < 1.29 is 14.7 Å². The van der Waals surface area contributed by atoms with E-state index in [4.69, 9.17) is 0 Å². The predicted octanol–water partition coefficient (Wildman–Crippen LogP) is 0.0331. The van der Waals surface area contributed by atoms with Crippen LogP contribution in [0, 0.1) is 6.92 Å². The predicted molar refractivity (Wildman–Crippen MR) is 116 cm³/mol. The number of hydrogen-bond donors (Lipinski definition) is 3. The van der Waals surface area contributed by atoms with Gasteiger partial charge in [-0.05, 0) is 6.92 Å². The van der Waals surface area contributed by atoms with E-state index in [1.807, 2.05) is 6.92 Å². The van der Waals surface area contributed by atoms with Gasteiger partial charge in [-0.2, -0.15) is 0 Å². The summed E-state index contributed by atoms with van der Waals surface area (Å²) in [6.45, 7) is 7.06. The van der Waals surface area contributed by atoms with E-state index < -0.39 is 6.10 Å². The minimum Gasteiger partial charge on any atom is -0.390 e. The van der Waals surface area contributed by atoms with Gasteiger partial charge in [0.05, 0.1) is 22.8 Å². The highest BCUT2D eigenvalue weighted by Crippen LogP contribution is 2.24. The van der Waals surface area contributed by atoms with Crippen LogP contribution in [-0.2, 0) is 17.8 Å². The molecule has 0 aromatic carbocycles. The summed E-state index contributed by atoms with van der Waals surface area (Å²) in [5.74, 6) is 0.229. The number of likely N-dealkylation sites (tertiary alicyclic amines) is 1. The number of hydrogen-bond acceptors (Lipinski definition) is 9. The van der Waals surface area contributed by atoms with Crippen LogP contribution in [0.2, 0.25) is 0 Å². The monoisotopic (exact) mass is 445 g/mol. The first-order valence-corrected chi connectivity index (χ1v) is 11.2. The lowest BCUT2D eigenvalue weighted by atomic mass is 10.1. The van der Waals surface area contributed by atoms with Crippen LogP contribution in [0.5, 0.6) is 0 Å². The summed E-state index contributed by atoms with van der Waals surface area (Å²) in [4.78, 5) is 41.6. The zero-order valence-corrected chi connectivity index (χ0v) is 18.5. The largest absolute Gasteiger partial charge is 0.390 e. The molecule has 3 N–H and O–H groups in total. The summed E-state index contributed by atoms with van der Waals surface area (Å²) in [5, 5.41) is 17.4. The highest BCUT2D eigenvalue weighted by molar-refractivity contribution is 7.11. The van der Waals surface area contributed by atoms with Gasteiger partial charge < -0.3 is 20.6 Å². The Balaban J connectivity index is 1.23. The van der Waals surface area contributed by atoms with Crippen molar-refractivity contribution in [2.45, 2.75) is 39.0 Å². The van der Waals surface area contributed by atoms with Crippen molar-refractivity contribution in [3.63, 3.8) is 0 Å². The third-order valence-electron chi connectivity index (χ3n) is 5.46. The summed E-state index contributed by atoms with van der Waals surface area (Å²) in [5.41, 5.74) is 1.40. The number of carbonyl (C=O) groups excluding carboxylic acids is 2. The summed E-state index contributed by atoms with van der Waals surface area (Å²) < 4.78 is 0. The Morgan fingerprint density at radius 2 is 2.16 bits per heavy atom. The fourth-order valence-corrected chi connectivity index (χ4v) is 4.82. The lowest BCUT2D eigenvalue weighted by molar-refractivity contribution is -0.132. The average molecular weight is 446 g/mol. The molecule has 166 valence electrons. The fraction of sp³-hybridized carbons (Fsp3) is 0.550. The number of nitrogens with one attached hydrogen (secondary N) is 2. The number of aromatic nitrogens is 3. The molecule has 2 aromatic heterocycles. The lowest BCUT2D eigenvalue weighted by Gasteiger charge is -2.39. The number of anilines is 1. The molecular weight excluding hydrogens is 418 g/mol. The Morgan fingerprint density at radius 1 is 1.35 bits per heavy atom. The Labute approximate surface area is 184 Å². The lowest BCUT2D eigenvalue weighted by Crippen LogP contribution is -2.56. The normalized spacial score (nSPS) is 17.6. The van der Waals surface area contributed by atoms with E-state index >= 15 is 0 Å². The molecule has 0 radical (unpaired) electrons. The molecule has 10 nitrogen and oxygen atoms in total. The molecule has 1 saturated heterocycles. The molecule has 0 bridgehead atoms. The van der Waals surface area contributed by atoms with E-state index in [-0.39, 0.29) is 30.1 Å².